The number of benzene rings is 2. The SMILES string of the molecule is COc1ccc(/C=N\Nc2nc(-c3ccc(F)cc3)cs2)c(Br)c1OC. The van der Waals surface area contributed by atoms with E-state index in [4.69, 9.17) is 9.47 Å². The monoisotopic (exact) mass is 435 g/mol. The van der Waals surface area contributed by atoms with Crippen LogP contribution < -0.4 is 14.9 Å². The van der Waals surface area contributed by atoms with Crippen molar-refractivity contribution in [3.63, 3.8) is 0 Å². The molecule has 0 saturated carbocycles. The van der Waals surface area contributed by atoms with Crippen LogP contribution in [-0.2, 0) is 0 Å². The molecule has 0 unspecified atom stereocenters. The molecule has 0 aliphatic heterocycles. The predicted octanol–water partition coefficient (Wildman–Crippen LogP) is 5.17. The van der Waals surface area contributed by atoms with Gasteiger partial charge in [0.1, 0.15) is 5.82 Å². The summed E-state index contributed by atoms with van der Waals surface area (Å²) in [4.78, 5) is 4.44. The van der Waals surface area contributed by atoms with Gasteiger partial charge in [0.05, 0.1) is 30.6 Å². The largest absolute Gasteiger partial charge is 0.493 e. The summed E-state index contributed by atoms with van der Waals surface area (Å²) >= 11 is 4.91. The Morgan fingerprint density at radius 2 is 1.92 bits per heavy atom. The fourth-order valence-electron chi connectivity index (χ4n) is 2.24. The van der Waals surface area contributed by atoms with E-state index in [1.54, 1.807) is 38.6 Å². The van der Waals surface area contributed by atoms with E-state index >= 15 is 0 Å². The summed E-state index contributed by atoms with van der Waals surface area (Å²) in [5.41, 5.74) is 5.34. The van der Waals surface area contributed by atoms with Gasteiger partial charge in [-0.15, -0.1) is 11.3 Å². The second-order valence-electron chi connectivity index (χ2n) is 5.12. The van der Waals surface area contributed by atoms with Crippen LogP contribution in [0.2, 0.25) is 0 Å². The zero-order valence-corrected chi connectivity index (χ0v) is 16.4. The Hall–Kier alpha value is -2.45. The molecule has 5 nitrogen and oxygen atoms in total. The fourth-order valence-corrected chi connectivity index (χ4v) is 3.50. The van der Waals surface area contributed by atoms with E-state index in [2.05, 4.69) is 31.4 Å². The Morgan fingerprint density at radius 3 is 2.62 bits per heavy atom. The maximum atomic E-state index is 13.0. The molecule has 0 spiro atoms. The Labute approximate surface area is 162 Å². The van der Waals surface area contributed by atoms with Crippen molar-refractivity contribution in [3.8, 4) is 22.8 Å². The highest BCUT2D eigenvalue weighted by Crippen LogP contribution is 2.36. The van der Waals surface area contributed by atoms with Crippen LogP contribution in [0.3, 0.4) is 0 Å². The zero-order chi connectivity index (χ0) is 18.5. The maximum Gasteiger partial charge on any atom is 0.203 e. The topological polar surface area (TPSA) is 55.7 Å². The van der Waals surface area contributed by atoms with E-state index in [9.17, 15) is 4.39 Å². The first-order valence-electron chi connectivity index (χ1n) is 7.53. The summed E-state index contributed by atoms with van der Waals surface area (Å²) in [7, 11) is 3.16. The number of nitrogens with zero attached hydrogens (tertiary/aromatic N) is 2. The Bertz CT molecular complexity index is 929. The van der Waals surface area contributed by atoms with Crippen LogP contribution >= 0.6 is 27.3 Å². The van der Waals surface area contributed by atoms with E-state index in [1.807, 2.05) is 11.4 Å². The van der Waals surface area contributed by atoms with Gasteiger partial charge in [-0.2, -0.15) is 5.10 Å². The van der Waals surface area contributed by atoms with Crippen molar-refractivity contribution in [2.75, 3.05) is 19.6 Å². The van der Waals surface area contributed by atoms with E-state index in [1.165, 1.54) is 23.5 Å². The minimum Gasteiger partial charge on any atom is -0.493 e. The average Bonchev–Trinajstić information content (AvgIpc) is 3.12. The number of hydrogen-bond acceptors (Lipinski definition) is 6. The Balaban J connectivity index is 1.72. The molecule has 26 heavy (non-hydrogen) atoms. The highest BCUT2D eigenvalue weighted by molar-refractivity contribution is 9.10. The molecular formula is C18H15BrFN3O2S. The average molecular weight is 436 g/mol. The van der Waals surface area contributed by atoms with Gasteiger partial charge in [0.15, 0.2) is 11.5 Å². The summed E-state index contributed by atoms with van der Waals surface area (Å²) < 4.78 is 24.3. The number of anilines is 1. The molecule has 0 aliphatic carbocycles. The molecule has 134 valence electrons. The van der Waals surface area contributed by atoms with Gasteiger partial charge in [0, 0.05) is 16.5 Å². The molecule has 0 fully saturated rings. The van der Waals surface area contributed by atoms with Gasteiger partial charge in [0.2, 0.25) is 5.13 Å². The first-order valence-corrected chi connectivity index (χ1v) is 9.20. The maximum absolute atomic E-state index is 13.0. The molecule has 1 heterocycles. The third kappa shape index (κ3) is 4.03. The summed E-state index contributed by atoms with van der Waals surface area (Å²) in [6.45, 7) is 0. The van der Waals surface area contributed by atoms with Crippen molar-refractivity contribution in [2.24, 2.45) is 5.10 Å². The third-order valence-corrected chi connectivity index (χ3v) is 5.09. The van der Waals surface area contributed by atoms with E-state index in [0.717, 1.165) is 21.3 Å². The smallest absolute Gasteiger partial charge is 0.203 e. The molecule has 0 bridgehead atoms. The van der Waals surface area contributed by atoms with Crippen molar-refractivity contribution in [1.82, 2.24) is 4.98 Å². The molecule has 0 aliphatic rings. The lowest BCUT2D eigenvalue weighted by atomic mass is 10.2. The molecule has 0 saturated heterocycles. The zero-order valence-electron chi connectivity index (χ0n) is 14.0. The number of ether oxygens (including phenoxy) is 2. The van der Waals surface area contributed by atoms with Gasteiger partial charge in [-0.05, 0) is 52.3 Å². The second-order valence-corrected chi connectivity index (χ2v) is 6.77. The van der Waals surface area contributed by atoms with Crippen LogP contribution in [0.5, 0.6) is 11.5 Å². The summed E-state index contributed by atoms with van der Waals surface area (Å²) in [6, 6.07) is 9.88. The van der Waals surface area contributed by atoms with Crippen molar-refractivity contribution >= 4 is 38.6 Å². The molecule has 3 aromatic rings. The van der Waals surface area contributed by atoms with Crippen LogP contribution in [0.4, 0.5) is 9.52 Å². The lowest BCUT2D eigenvalue weighted by Crippen LogP contribution is -1.96. The highest BCUT2D eigenvalue weighted by Gasteiger charge is 2.11. The second kappa shape index (κ2) is 8.29. The summed E-state index contributed by atoms with van der Waals surface area (Å²) in [6.07, 6.45) is 1.66. The van der Waals surface area contributed by atoms with Crippen molar-refractivity contribution in [2.45, 2.75) is 0 Å². The number of thiazole rings is 1. The van der Waals surface area contributed by atoms with Crippen LogP contribution in [0.25, 0.3) is 11.3 Å². The van der Waals surface area contributed by atoms with E-state index in [-0.39, 0.29) is 5.82 Å². The number of aromatic nitrogens is 1. The first kappa shape index (κ1) is 18.3. The minimum atomic E-state index is -0.271. The number of hydrazone groups is 1. The van der Waals surface area contributed by atoms with Crippen molar-refractivity contribution in [1.29, 1.82) is 0 Å². The molecule has 0 amide bonds. The molecule has 1 N–H and O–H groups in total. The van der Waals surface area contributed by atoms with Crippen molar-refractivity contribution in [3.05, 3.63) is 57.6 Å². The molecular weight excluding hydrogens is 421 g/mol. The number of rotatable bonds is 6. The number of halogens is 2. The highest BCUT2D eigenvalue weighted by atomic mass is 79.9. The first-order chi connectivity index (χ1) is 12.6. The Kier molecular flexibility index (Phi) is 5.85. The molecule has 8 heteroatoms. The van der Waals surface area contributed by atoms with Gasteiger partial charge >= 0.3 is 0 Å². The number of methoxy groups -OCH3 is 2. The lowest BCUT2D eigenvalue weighted by Gasteiger charge is -2.10. The van der Waals surface area contributed by atoms with Crippen LogP contribution in [0, 0.1) is 5.82 Å². The Morgan fingerprint density at radius 1 is 1.15 bits per heavy atom. The van der Waals surface area contributed by atoms with Gasteiger partial charge in [-0.25, -0.2) is 9.37 Å². The lowest BCUT2D eigenvalue weighted by molar-refractivity contribution is 0.353. The molecule has 2 aromatic carbocycles. The minimum absolute atomic E-state index is 0.271. The van der Waals surface area contributed by atoms with Crippen molar-refractivity contribution < 1.29 is 13.9 Å². The molecule has 0 radical (unpaired) electrons. The molecule has 0 atom stereocenters. The van der Waals surface area contributed by atoms with Gasteiger partial charge in [-0.3, -0.25) is 5.43 Å². The summed E-state index contributed by atoms with van der Waals surface area (Å²) in [5.74, 6) is 0.963. The van der Waals surface area contributed by atoms with Gasteiger partial charge in [-0.1, -0.05) is 0 Å². The van der Waals surface area contributed by atoms with Gasteiger partial charge in [0.25, 0.3) is 0 Å². The van der Waals surface area contributed by atoms with E-state index < -0.39 is 0 Å². The standard InChI is InChI=1S/C18H15BrFN3O2S/c1-24-15-8-5-12(16(19)17(15)25-2)9-21-23-18-22-14(10-26-18)11-3-6-13(20)7-4-11/h3-10H,1-2H3,(H,22,23)/b21-9-. The van der Waals surface area contributed by atoms with Crippen LogP contribution in [0.1, 0.15) is 5.56 Å². The quantitative estimate of drug-likeness (QED) is 0.428. The van der Waals surface area contributed by atoms with E-state index in [0.29, 0.717) is 16.6 Å². The predicted molar refractivity (Wildman–Crippen MR) is 106 cm³/mol. The molecule has 3 rings (SSSR count). The van der Waals surface area contributed by atoms with Gasteiger partial charge < -0.3 is 9.47 Å². The summed E-state index contributed by atoms with van der Waals surface area (Å²) in [5, 5.41) is 6.73. The fraction of sp³-hybridized carbons (Fsp3) is 0.111. The van der Waals surface area contributed by atoms with Crippen LogP contribution in [0.15, 0.2) is 51.4 Å². The number of hydrogen-bond donors (Lipinski definition) is 1. The van der Waals surface area contributed by atoms with Crippen LogP contribution in [-0.4, -0.2) is 25.4 Å². The number of nitrogens with one attached hydrogen (secondary N) is 1. The molecule has 1 aromatic heterocycles. The normalized spacial score (nSPS) is 10.9. The third-order valence-electron chi connectivity index (χ3n) is 3.52.